The number of aliphatic carboxylic acids is 1. The maximum absolute atomic E-state index is 13.5. The van der Waals surface area contributed by atoms with Gasteiger partial charge in [-0.1, -0.05) is 13.8 Å². The molecule has 1 aromatic heterocycles. The fraction of sp³-hybridized carbons (Fsp3) is 0.650. The minimum absolute atomic E-state index is 0.0217. The number of hydrogen-bond donors (Lipinski definition) is 2. The summed E-state index contributed by atoms with van der Waals surface area (Å²) in [4.78, 5) is 37.6. The van der Waals surface area contributed by atoms with Gasteiger partial charge in [0.2, 0.25) is 5.91 Å². The zero-order valence-corrected chi connectivity index (χ0v) is 17.8. The minimum atomic E-state index is -4.68. The molecule has 0 aromatic carbocycles. The Bertz CT molecular complexity index is 788. The predicted octanol–water partition coefficient (Wildman–Crippen LogP) is 2.54. The molecule has 1 atom stereocenters. The molecule has 0 bridgehead atoms. The van der Waals surface area contributed by atoms with Crippen molar-refractivity contribution < 1.29 is 27.9 Å². The second-order valence-electron chi connectivity index (χ2n) is 7.94. The molecule has 30 heavy (non-hydrogen) atoms. The van der Waals surface area contributed by atoms with Gasteiger partial charge >= 0.3 is 12.1 Å². The molecule has 0 radical (unpaired) electrons. The van der Waals surface area contributed by atoms with E-state index in [-0.39, 0.29) is 37.3 Å². The standard InChI is InChI=1S/C20H30F3N3O4/c1-13(2)10-16(19(30)24-8-7-18(28)29)26-12-14(6-5-9-25(3)4)15(11-17(26)27)20(21,22)23/h11-13,16H,5-10H2,1-4H3,(H,24,30)(H,28,29)/t16-/m0/s1. The molecule has 0 saturated carbocycles. The van der Waals surface area contributed by atoms with Gasteiger partial charge in [0.25, 0.3) is 5.56 Å². The quantitative estimate of drug-likeness (QED) is 0.560. The molecule has 0 saturated heterocycles. The number of nitrogens with zero attached hydrogens (tertiary/aromatic N) is 2. The summed E-state index contributed by atoms with van der Waals surface area (Å²) in [7, 11) is 3.62. The highest BCUT2D eigenvalue weighted by atomic mass is 19.4. The first-order valence-electron chi connectivity index (χ1n) is 9.79. The summed E-state index contributed by atoms with van der Waals surface area (Å²) in [6, 6.07) is -0.482. The van der Waals surface area contributed by atoms with Crippen molar-refractivity contribution in [3.63, 3.8) is 0 Å². The lowest BCUT2D eigenvalue weighted by atomic mass is 10.0. The van der Waals surface area contributed by atoms with Crippen LogP contribution in [-0.2, 0) is 22.2 Å². The van der Waals surface area contributed by atoms with E-state index in [2.05, 4.69) is 5.32 Å². The lowest BCUT2D eigenvalue weighted by Gasteiger charge is -2.23. The third kappa shape index (κ3) is 8.17. The van der Waals surface area contributed by atoms with Crippen LogP contribution in [0.1, 0.15) is 50.3 Å². The van der Waals surface area contributed by atoms with Crippen molar-refractivity contribution in [2.24, 2.45) is 5.92 Å². The first kappa shape index (κ1) is 25.7. The van der Waals surface area contributed by atoms with Gasteiger partial charge in [-0.2, -0.15) is 13.2 Å². The predicted molar refractivity (Wildman–Crippen MR) is 106 cm³/mol. The van der Waals surface area contributed by atoms with Crippen molar-refractivity contribution in [3.8, 4) is 0 Å². The second-order valence-corrected chi connectivity index (χ2v) is 7.94. The highest BCUT2D eigenvalue weighted by Gasteiger charge is 2.35. The minimum Gasteiger partial charge on any atom is -0.481 e. The van der Waals surface area contributed by atoms with E-state index < -0.39 is 35.2 Å². The molecule has 1 amide bonds. The molecule has 0 aliphatic carbocycles. The number of carbonyl (C=O) groups excluding carboxylic acids is 1. The van der Waals surface area contributed by atoms with Crippen molar-refractivity contribution in [2.45, 2.75) is 51.7 Å². The van der Waals surface area contributed by atoms with Gasteiger partial charge in [0.1, 0.15) is 6.04 Å². The van der Waals surface area contributed by atoms with Crippen LogP contribution in [0.5, 0.6) is 0 Å². The molecular weight excluding hydrogens is 403 g/mol. The summed E-state index contributed by atoms with van der Waals surface area (Å²) in [5.41, 5.74) is -1.95. The largest absolute Gasteiger partial charge is 0.481 e. The van der Waals surface area contributed by atoms with E-state index in [4.69, 9.17) is 5.11 Å². The summed E-state index contributed by atoms with van der Waals surface area (Å²) in [6.45, 7) is 4.09. The average Bonchev–Trinajstić information content (AvgIpc) is 2.59. The number of carboxylic acids is 1. The van der Waals surface area contributed by atoms with Crippen LogP contribution >= 0.6 is 0 Å². The zero-order valence-electron chi connectivity index (χ0n) is 17.8. The molecule has 0 spiro atoms. The Morgan fingerprint density at radius 2 is 1.90 bits per heavy atom. The van der Waals surface area contributed by atoms with Crippen molar-refractivity contribution in [2.75, 3.05) is 27.2 Å². The van der Waals surface area contributed by atoms with E-state index in [1.165, 1.54) is 0 Å². The molecule has 7 nitrogen and oxygen atoms in total. The van der Waals surface area contributed by atoms with E-state index in [1.807, 2.05) is 32.8 Å². The van der Waals surface area contributed by atoms with Crippen LogP contribution in [0.15, 0.2) is 17.1 Å². The van der Waals surface area contributed by atoms with Crippen LogP contribution < -0.4 is 10.9 Å². The highest BCUT2D eigenvalue weighted by Crippen LogP contribution is 2.32. The van der Waals surface area contributed by atoms with Crippen LogP contribution in [0.3, 0.4) is 0 Å². The van der Waals surface area contributed by atoms with Crippen LogP contribution in [0.25, 0.3) is 0 Å². The zero-order chi connectivity index (χ0) is 23.1. The van der Waals surface area contributed by atoms with Gasteiger partial charge < -0.3 is 19.9 Å². The van der Waals surface area contributed by atoms with Gasteiger partial charge in [-0.15, -0.1) is 0 Å². The van der Waals surface area contributed by atoms with Gasteiger partial charge in [-0.3, -0.25) is 14.4 Å². The van der Waals surface area contributed by atoms with Gasteiger partial charge in [-0.25, -0.2) is 0 Å². The molecule has 1 aromatic rings. The number of aromatic nitrogens is 1. The van der Waals surface area contributed by atoms with E-state index in [0.29, 0.717) is 19.0 Å². The number of aryl methyl sites for hydroxylation is 1. The molecule has 0 aliphatic heterocycles. The lowest BCUT2D eigenvalue weighted by molar-refractivity contribution is -0.138. The maximum atomic E-state index is 13.5. The summed E-state index contributed by atoms with van der Waals surface area (Å²) in [5.74, 6) is -1.71. The number of halogens is 3. The van der Waals surface area contributed by atoms with Crippen LogP contribution in [0, 0.1) is 5.92 Å². The SMILES string of the molecule is CC(C)C[C@@H](C(=O)NCCC(=O)O)n1cc(CCCN(C)C)c(C(F)(F)F)cc1=O. The highest BCUT2D eigenvalue weighted by molar-refractivity contribution is 5.80. The van der Waals surface area contributed by atoms with Crippen molar-refractivity contribution in [3.05, 3.63) is 33.7 Å². The van der Waals surface area contributed by atoms with E-state index in [9.17, 15) is 27.6 Å². The number of nitrogens with one attached hydrogen (secondary N) is 1. The first-order chi connectivity index (χ1) is 13.8. The summed E-state index contributed by atoms with van der Waals surface area (Å²) >= 11 is 0. The third-order valence-electron chi connectivity index (χ3n) is 4.49. The van der Waals surface area contributed by atoms with Crippen molar-refractivity contribution in [1.82, 2.24) is 14.8 Å². The van der Waals surface area contributed by atoms with Gasteiger partial charge in [0.15, 0.2) is 0 Å². The Hall–Kier alpha value is -2.36. The fourth-order valence-corrected chi connectivity index (χ4v) is 3.09. The Kier molecular flexibility index (Phi) is 9.54. The lowest BCUT2D eigenvalue weighted by Crippen LogP contribution is -2.39. The van der Waals surface area contributed by atoms with E-state index in [1.54, 1.807) is 0 Å². The number of hydrogen-bond acceptors (Lipinski definition) is 4. The van der Waals surface area contributed by atoms with Crippen molar-refractivity contribution >= 4 is 11.9 Å². The fourth-order valence-electron chi connectivity index (χ4n) is 3.09. The maximum Gasteiger partial charge on any atom is 0.416 e. The number of rotatable bonds is 11. The van der Waals surface area contributed by atoms with E-state index in [0.717, 1.165) is 10.8 Å². The Labute approximate surface area is 173 Å². The number of amides is 1. The molecule has 1 rings (SSSR count). The molecule has 10 heteroatoms. The molecule has 170 valence electrons. The van der Waals surface area contributed by atoms with Gasteiger partial charge in [0, 0.05) is 18.8 Å². The summed E-state index contributed by atoms with van der Waals surface area (Å²) < 4.78 is 41.4. The number of alkyl halides is 3. The van der Waals surface area contributed by atoms with Crippen LogP contribution in [0.4, 0.5) is 13.2 Å². The Morgan fingerprint density at radius 1 is 1.27 bits per heavy atom. The van der Waals surface area contributed by atoms with Gasteiger partial charge in [0.05, 0.1) is 12.0 Å². The number of carboxylic acid groups (broad SMARTS) is 1. The Balaban J connectivity index is 3.32. The molecule has 1 heterocycles. The van der Waals surface area contributed by atoms with Gasteiger partial charge in [-0.05, 0) is 51.4 Å². The van der Waals surface area contributed by atoms with E-state index >= 15 is 0 Å². The third-order valence-corrected chi connectivity index (χ3v) is 4.49. The summed E-state index contributed by atoms with van der Waals surface area (Å²) in [6.07, 6.45) is -3.07. The number of pyridine rings is 1. The normalized spacial score (nSPS) is 13.0. The molecule has 0 fully saturated rings. The van der Waals surface area contributed by atoms with Crippen LogP contribution in [-0.4, -0.2) is 53.6 Å². The summed E-state index contributed by atoms with van der Waals surface area (Å²) in [5, 5.41) is 11.2. The average molecular weight is 433 g/mol. The molecule has 2 N–H and O–H groups in total. The molecular formula is C20H30F3N3O4. The number of carbonyl (C=O) groups is 2. The second kappa shape index (κ2) is 11.1. The topological polar surface area (TPSA) is 91.6 Å². The monoisotopic (exact) mass is 433 g/mol. The smallest absolute Gasteiger partial charge is 0.416 e. The Morgan fingerprint density at radius 3 is 2.40 bits per heavy atom. The van der Waals surface area contributed by atoms with Crippen molar-refractivity contribution in [1.29, 1.82) is 0 Å². The first-order valence-corrected chi connectivity index (χ1v) is 9.79. The molecule has 0 unspecified atom stereocenters. The molecule has 0 aliphatic rings. The van der Waals surface area contributed by atoms with Crippen LogP contribution in [0.2, 0.25) is 0 Å².